The highest BCUT2D eigenvalue weighted by atomic mass is 16.5. The molecule has 0 radical (unpaired) electrons. The number of para-hydroxylation sites is 1. The van der Waals surface area contributed by atoms with Gasteiger partial charge in [-0.2, -0.15) is 0 Å². The molecule has 1 aliphatic carbocycles. The zero-order chi connectivity index (χ0) is 22.5. The molecule has 6 heteroatoms. The number of nitrogens with zero attached hydrogens (tertiary/aromatic N) is 1. The molecule has 2 aromatic carbocycles. The summed E-state index contributed by atoms with van der Waals surface area (Å²) in [6, 6.07) is 15.5. The Morgan fingerprint density at radius 2 is 1.81 bits per heavy atom. The summed E-state index contributed by atoms with van der Waals surface area (Å²) in [7, 11) is 1.63. The number of urea groups is 1. The molecular formula is C26H31N3O3. The van der Waals surface area contributed by atoms with Crippen molar-refractivity contribution < 1.29 is 9.53 Å². The van der Waals surface area contributed by atoms with Crippen LogP contribution in [-0.4, -0.2) is 29.1 Å². The van der Waals surface area contributed by atoms with E-state index < -0.39 is 0 Å². The van der Waals surface area contributed by atoms with Gasteiger partial charge in [0.1, 0.15) is 5.75 Å². The number of rotatable bonds is 6. The van der Waals surface area contributed by atoms with Crippen LogP contribution in [0.4, 0.5) is 4.79 Å². The van der Waals surface area contributed by atoms with Gasteiger partial charge in [-0.3, -0.25) is 4.79 Å². The van der Waals surface area contributed by atoms with Gasteiger partial charge in [0.25, 0.3) is 5.56 Å². The summed E-state index contributed by atoms with van der Waals surface area (Å²) in [6.45, 7) is 2.60. The summed E-state index contributed by atoms with van der Waals surface area (Å²) in [5.74, 6) is 0.728. The van der Waals surface area contributed by atoms with Crippen molar-refractivity contribution in [1.29, 1.82) is 0 Å². The van der Waals surface area contributed by atoms with Crippen molar-refractivity contribution in [2.75, 3.05) is 7.11 Å². The Hall–Kier alpha value is -3.28. The highest BCUT2D eigenvalue weighted by Crippen LogP contribution is 2.22. The van der Waals surface area contributed by atoms with Gasteiger partial charge in [-0.1, -0.05) is 49.1 Å². The molecule has 1 heterocycles. The summed E-state index contributed by atoms with van der Waals surface area (Å²) in [5.41, 5.74) is 3.22. The molecule has 1 saturated carbocycles. The number of H-pyrrole nitrogens is 1. The lowest BCUT2D eigenvalue weighted by Gasteiger charge is -2.29. The van der Waals surface area contributed by atoms with Crippen molar-refractivity contribution in [3.8, 4) is 5.75 Å². The molecule has 3 aromatic rings. The van der Waals surface area contributed by atoms with Gasteiger partial charge < -0.3 is 19.9 Å². The smallest absolute Gasteiger partial charge is 0.318 e. The van der Waals surface area contributed by atoms with Crippen LogP contribution >= 0.6 is 0 Å². The van der Waals surface area contributed by atoms with Crippen LogP contribution in [0.25, 0.3) is 10.9 Å². The fourth-order valence-corrected chi connectivity index (χ4v) is 4.45. The number of carbonyl (C=O) groups excluding carboxylic acids is 1. The summed E-state index contributed by atoms with van der Waals surface area (Å²) in [5, 5.41) is 4.16. The first kappa shape index (κ1) is 21.9. The zero-order valence-electron chi connectivity index (χ0n) is 18.8. The van der Waals surface area contributed by atoms with Crippen LogP contribution in [0.2, 0.25) is 0 Å². The van der Waals surface area contributed by atoms with Crippen LogP contribution in [0.3, 0.4) is 0 Å². The maximum atomic E-state index is 13.3. The standard InChI is InChI=1S/C26H31N3O3/c1-18-12-13-23-20(14-18)15-21(25(30)28-23)17-29(16-19-8-6-7-11-24(19)32-2)26(31)27-22-9-4-3-5-10-22/h6-8,11-15,22H,3-5,9-10,16-17H2,1-2H3,(H,27,31)(H,28,30). The third-order valence-electron chi connectivity index (χ3n) is 6.21. The van der Waals surface area contributed by atoms with Crippen molar-refractivity contribution in [2.45, 2.75) is 58.2 Å². The molecule has 2 amide bonds. The molecular weight excluding hydrogens is 402 g/mol. The van der Waals surface area contributed by atoms with Crippen LogP contribution in [0.5, 0.6) is 5.75 Å². The van der Waals surface area contributed by atoms with Gasteiger partial charge in [-0.15, -0.1) is 0 Å². The first-order valence-electron chi connectivity index (χ1n) is 11.3. The predicted octanol–water partition coefficient (Wildman–Crippen LogP) is 4.89. The van der Waals surface area contributed by atoms with Crippen molar-refractivity contribution in [3.05, 3.63) is 75.6 Å². The minimum Gasteiger partial charge on any atom is -0.496 e. The van der Waals surface area contributed by atoms with E-state index in [9.17, 15) is 9.59 Å². The van der Waals surface area contributed by atoms with E-state index in [1.54, 1.807) is 12.0 Å². The number of ether oxygens (including phenoxy) is 1. The minimum atomic E-state index is -0.170. The minimum absolute atomic E-state index is 0.147. The van der Waals surface area contributed by atoms with E-state index in [0.29, 0.717) is 12.1 Å². The number of fused-ring (bicyclic) bond motifs is 1. The quantitative estimate of drug-likeness (QED) is 0.581. The van der Waals surface area contributed by atoms with Gasteiger partial charge in [0.15, 0.2) is 0 Å². The average Bonchev–Trinajstić information content (AvgIpc) is 2.80. The van der Waals surface area contributed by atoms with E-state index in [1.807, 2.05) is 55.5 Å². The largest absolute Gasteiger partial charge is 0.496 e. The number of methoxy groups -OCH3 is 1. The second-order valence-electron chi connectivity index (χ2n) is 8.67. The summed E-state index contributed by atoms with van der Waals surface area (Å²) < 4.78 is 5.49. The third kappa shape index (κ3) is 5.13. The molecule has 1 fully saturated rings. The van der Waals surface area contributed by atoms with E-state index in [2.05, 4.69) is 10.3 Å². The number of aromatic amines is 1. The number of aromatic nitrogens is 1. The van der Waals surface area contributed by atoms with Gasteiger partial charge in [-0.05, 0) is 49.4 Å². The van der Waals surface area contributed by atoms with E-state index in [-0.39, 0.29) is 24.2 Å². The molecule has 32 heavy (non-hydrogen) atoms. The Bertz CT molecular complexity index is 1150. The van der Waals surface area contributed by atoms with Crippen LogP contribution < -0.4 is 15.6 Å². The second kappa shape index (κ2) is 9.90. The molecule has 0 spiro atoms. The normalized spacial score (nSPS) is 14.3. The summed E-state index contributed by atoms with van der Waals surface area (Å²) in [6.07, 6.45) is 5.51. The van der Waals surface area contributed by atoms with Crippen LogP contribution in [0, 0.1) is 6.92 Å². The van der Waals surface area contributed by atoms with E-state index in [1.165, 1.54) is 6.42 Å². The predicted molar refractivity (Wildman–Crippen MR) is 127 cm³/mol. The number of amides is 2. The summed E-state index contributed by atoms with van der Waals surface area (Å²) >= 11 is 0. The lowest BCUT2D eigenvalue weighted by atomic mass is 9.96. The highest BCUT2D eigenvalue weighted by molar-refractivity contribution is 5.80. The highest BCUT2D eigenvalue weighted by Gasteiger charge is 2.22. The Kier molecular flexibility index (Phi) is 6.78. The SMILES string of the molecule is COc1ccccc1CN(Cc1cc2cc(C)ccc2[nH]c1=O)C(=O)NC1CCCCC1. The molecule has 1 aliphatic rings. The second-order valence-corrected chi connectivity index (χ2v) is 8.67. The van der Waals surface area contributed by atoms with Gasteiger partial charge in [-0.25, -0.2) is 4.79 Å². The van der Waals surface area contributed by atoms with E-state index in [0.717, 1.165) is 53.5 Å². The fraction of sp³-hybridized carbons (Fsp3) is 0.385. The van der Waals surface area contributed by atoms with Gasteiger partial charge in [0, 0.05) is 22.7 Å². The maximum Gasteiger partial charge on any atom is 0.318 e. The molecule has 0 atom stereocenters. The summed E-state index contributed by atoms with van der Waals surface area (Å²) in [4.78, 5) is 30.8. The molecule has 0 unspecified atom stereocenters. The Morgan fingerprint density at radius 1 is 1.06 bits per heavy atom. The Balaban J connectivity index is 1.63. The third-order valence-corrected chi connectivity index (χ3v) is 6.21. The Morgan fingerprint density at radius 3 is 2.59 bits per heavy atom. The van der Waals surface area contributed by atoms with Crippen molar-refractivity contribution in [1.82, 2.24) is 15.2 Å². The zero-order valence-corrected chi connectivity index (χ0v) is 18.8. The van der Waals surface area contributed by atoms with Gasteiger partial charge >= 0.3 is 6.03 Å². The lowest BCUT2D eigenvalue weighted by molar-refractivity contribution is 0.183. The van der Waals surface area contributed by atoms with Gasteiger partial charge in [0.05, 0.1) is 20.2 Å². The van der Waals surface area contributed by atoms with Crippen LogP contribution in [-0.2, 0) is 13.1 Å². The topological polar surface area (TPSA) is 74.4 Å². The average molecular weight is 434 g/mol. The molecule has 0 saturated heterocycles. The maximum absolute atomic E-state index is 13.3. The molecule has 0 aliphatic heterocycles. The molecule has 0 bridgehead atoms. The number of nitrogens with one attached hydrogen (secondary N) is 2. The van der Waals surface area contributed by atoms with E-state index >= 15 is 0 Å². The lowest BCUT2D eigenvalue weighted by Crippen LogP contribution is -2.45. The van der Waals surface area contributed by atoms with Crippen LogP contribution in [0.15, 0.2) is 53.3 Å². The van der Waals surface area contributed by atoms with Crippen molar-refractivity contribution >= 4 is 16.9 Å². The molecule has 2 N–H and O–H groups in total. The van der Waals surface area contributed by atoms with Crippen molar-refractivity contribution in [3.63, 3.8) is 0 Å². The van der Waals surface area contributed by atoms with Gasteiger partial charge in [0.2, 0.25) is 0 Å². The monoisotopic (exact) mass is 433 g/mol. The number of carbonyl (C=O) groups is 1. The first-order valence-corrected chi connectivity index (χ1v) is 11.3. The molecule has 1 aromatic heterocycles. The molecule has 6 nitrogen and oxygen atoms in total. The number of benzene rings is 2. The first-order chi connectivity index (χ1) is 15.5. The number of pyridine rings is 1. The van der Waals surface area contributed by atoms with Crippen LogP contribution in [0.1, 0.15) is 48.8 Å². The van der Waals surface area contributed by atoms with E-state index in [4.69, 9.17) is 4.74 Å². The number of aryl methyl sites for hydroxylation is 1. The fourth-order valence-electron chi connectivity index (χ4n) is 4.45. The number of hydrogen-bond donors (Lipinski definition) is 2. The molecule has 168 valence electrons. The number of hydrogen-bond acceptors (Lipinski definition) is 3. The van der Waals surface area contributed by atoms with Crippen molar-refractivity contribution in [2.24, 2.45) is 0 Å². The Labute approximate surface area is 188 Å². The molecule has 4 rings (SSSR count).